The maximum absolute atomic E-state index is 12.4. The van der Waals surface area contributed by atoms with Crippen molar-refractivity contribution in [2.45, 2.75) is 64.5 Å². The molecule has 0 radical (unpaired) electrons. The molecule has 1 amide bonds. The Morgan fingerprint density at radius 1 is 1.40 bits per heavy atom. The third-order valence-electron chi connectivity index (χ3n) is 5.17. The summed E-state index contributed by atoms with van der Waals surface area (Å²) in [6.45, 7) is 4.78. The molecular formula is C15H26N2O3. The molecule has 0 aromatic rings. The third kappa shape index (κ3) is 2.97. The number of carboxylic acid groups (broad SMARTS) is 1. The summed E-state index contributed by atoms with van der Waals surface area (Å²) in [6.07, 6.45) is 5.35. The molecule has 2 rings (SSSR count). The summed E-state index contributed by atoms with van der Waals surface area (Å²) in [5.41, 5.74) is -0.811. The first-order chi connectivity index (χ1) is 9.47. The van der Waals surface area contributed by atoms with Crippen LogP contribution in [0.3, 0.4) is 0 Å². The number of hydrogen-bond donors (Lipinski definition) is 3. The van der Waals surface area contributed by atoms with E-state index in [-0.39, 0.29) is 18.0 Å². The lowest BCUT2D eigenvalue weighted by atomic mass is 9.84. The molecule has 5 heteroatoms. The van der Waals surface area contributed by atoms with Gasteiger partial charge in [0.15, 0.2) is 0 Å². The van der Waals surface area contributed by atoms with Crippen molar-refractivity contribution >= 4 is 11.9 Å². The van der Waals surface area contributed by atoms with Crippen LogP contribution in [0.4, 0.5) is 0 Å². The van der Waals surface area contributed by atoms with Crippen LogP contribution in [0.25, 0.3) is 0 Å². The van der Waals surface area contributed by atoms with Gasteiger partial charge in [-0.25, -0.2) is 0 Å². The van der Waals surface area contributed by atoms with Crippen molar-refractivity contribution < 1.29 is 14.7 Å². The Balaban J connectivity index is 1.95. The molecule has 0 aromatic carbocycles. The van der Waals surface area contributed by atoms with Crippen LogP contribution < -0.4 is 10.6 Å². The van der Waals surface area contributed by atoms with Crippen molar-refractivity contribution in [2.24, 2.45) is 11.3 Å². The molecule has 0 aromatic heterocycles. The maximum atomic E-state index is 12.4. The van der Waals surface area contributed by atoms with Crippen molar-refractivity contribution in [1.29, 1.82) is 0 Å². The maximum Gasteiger partial charge on any atom is 0.311 e. The van der Waals surface area contributed by atoms with Gasteiger partial charge in [-0.2, -0.15) is 0 Å². The van der Waals surface area contributed by atoms with E-state index in [1.165, 1.54) is 0 Å². The molecule has 0 spiro atoms. The Morgan fingerprint density at radius 3 is 2.80 bits per heavy atom. The van der Waals surface area contributed by atoms with E-state index in [0.717, 1.165) is 38.6 Å². The average Bonchev–Trinajstić information content (AvgIpc) is 2.81. The van der Waals surface area contributed by atoms with E-state index in [1.54, 1.807) is 6.92 Å². The lowest BCUT2D eigenvalue weighted by molar-refractivity contribution is -0.149. The second-order valence-corrected chi connectivity index (χ2v) is 6.48. The molecule has 1 saturated heterocycles. The normalized spacial score (nSPS) is 37.6. The fourth-order valence-corrected chi connectivity index (χ4v) is 3.49. The summed E-state index contributed by atoms with van der Waals surface area (Å²) >= 11 is 0. The zero-order valence-electron chi connectivity index (χ0n) is 12.4. The summed E-state index contributed by atoms with van der Waals surface area (Å²) in [5, 5.41) is 15.6. The SMILES string of the molecule is CCC1CCNC(C(=O)NC2CCCC2(C)C(=O)O)C1. The van der Waals surface area contributed by atoms with Gasteiger partial charge < -0.3 is 15.7 Å². The Morgan fingerprint density at radius 2 is 2.15 bits per heavy atom. The van der Waals surface area contributed by atoms with E-state index in [1.807, 2.05) is 0 Å². The molecule has 114 valence electrons. The van der Waals surface area contributed by atoms with Crippen molar-refractivity contribution in [3.05, 3.63) is 0 Å². The molecule has 4 atom stereocenters. The average molecular weight is 282 g/mol. The minimum atomic E-state index is -0.811. The van der Waals surface area contributed by atoms with E-state index in [0.29, 0.717) is 12.3 Å². The monoisotopic (exact) mass is 282 g/mol. The van der Waals surface area contributed by atoms with E-state index in [2.05, 4.69) is 17.6 Å². The molecule has 20 heavy (non-hydrogen) atoms. The highest BCUT2D eigenvalue weighted by molar-refractivity contribution is 5.84. The first kappa shape index (κ1) is 15.3. The molecule has 1 aliphatic carbocycles. The van der Waals surface area contributed by atoms with E-state index in [9.17, 15) is 14.7 Å². The second kappa shape index (κ2) is 6.12. The molecular weight excluding hydrogens is 256 g/mol. The summed E-state index contributed by atoms with van der Waals surface area (Å²) in [7, 11) is 0. The number of amides is 1. The molecule has 0 bridgehead atoms. The van der Waals surface area contributed by atoms with Crippen LogP contribution in [-0.4, -0.2) is 35.6 Å². The van der Waals surface area contributed by atoms with Gasteiger partial charge in [-0.05, 0) is 45.1 Å². The van der Waals surface area contributed by atoms with Gasteiger partial charge in [-0.3, -0.25) is 9.59 Å². The molecule has 1 aliphatic heterocycles. The Labute approximate surface area is 120 Å². The second-order valence-electron chi connectivity index (χ2n) is 6.48. The number of aliphatic carboxylic acids is 1. The number of nitrogens with one attached hydrogen (secondary N) is 2. The molecule has 2 fully saturated rings. The standard InChI is InChI=1S/C15H26N2O3/c1-3-10-6-8-16-11(9-10)13(18)17-12-5-4-7-15(12,2)14(19)20/h10-12,16H,3-9H2,1-2H3,(H,17,18)(H,19,20). The van der Waals surface area contributed by atoms with Gasteiger partial charge in [0.25, 0.3) is 0 Å². The lowest BCUT2D eigenvalue weighted by Crippen LogP contribution is -2.54. The highest BCUT2D eigenvalue weighted by atomic mass is 16.4. The molecule has 4 unspecified atom stereocenters. The minimum Gasteiger partial charge on any atom is -0.481 e. The fraction of sp³-hybridized carbons (Fsp3) is 0.867. The number of hydrogen-bond acceptors (Lipinski definition) is 3. The van der Waals surface area contributed by atoms with E-state index >= 15 is 0 Å². The smallest absolute Gasteiger partial charge is 0.311 e. The van der Waals surface area contributed by atoms with Crippen molar-refractivity contribution in [2.75, 3.05) is 6.54 Å². The largest absolute Gasteiger partial charge is 0.481 e. The van der Waals surface area contributed by atoms with Gasteiger partial charge in [0.2, 0.25) is 5.91 Å². The minimum absolute atomic E-state index is 0.0254. The van der Waals surface area contributed by atoms with Crippen LogP contribution >= 0.6 is 0 Å². The number of carboxylic acids is 1. The van der Waals surface area contributed by atoms with Crippen molar-refractivity contribution in [1.82, 2.24) is 10.6 Å². The van der Waals surface area contributed by atoms with Crippen molar-refractivity contribution in [3.63, 3.8) is 0 Å². The lowest BCUT2D eigenvalue weighted by Gasteiger charge is -2.32. The highest BCUT2D eigenvalue weighted by Crippen LogP contribution is 2.38. The van der Waals surface area contributed by atoms with Crippen LogP contribution in [0, 0.1) is 11.3 Å². The van der Waals surface area contributed by atoms with Gasteiger partial charge in [0.05, 0.1) is 11.5 Å². The van der Waals surface area contributed by atoms with E-state index < -0.39 is 11.4 Å². The molecule has 1 heterocycles. The number of piperidine rings is 1. The van der Waals surface area contributed by atoms with Gasteiger partial charge in [0, 0.05) is 6.04 Å². The van der Waals surface area contributed by atoms with Crippen LogP contribution in [0.5, 0.6) is 0 Å². The van der Waals surface area contributed by atoms with Crippen LogP contribution in [0.1, 0.15) is 52.4 Å². The van der Waals surface area contributed by atoms with Gasteiger partial charge in [-0.1, -0.05) is 19.8 Å². The molecule has 5 nitrogen and oxygen atoms in total. The van der Waals surface area contributed by atoms with Crippen LogP contribution in [0.2, 0.25) is 0 Å². The predicted molar refractivity (Wildman–Crippen MR) is 76.3 cm³/mol. The first-order valence-electron chi connectivity index (χ1n) is 7.74. The fourth-order valence-electron chi connectivity index (χ4n) is 3.49. The highest BCUT2D eigenvalue weighted by Gasteiger charge is 2.46. The topological polar surface area (TPSA) is 78.4 Å². The summed E-state index contributed by atoms with van der Waals surface area (Å²) in [5.74, 6) is -0.229. The van der Waals surface area contributed by atoms with Crippen molar-refractivity contribution in [3.8, 4) is 0 Å². The zero-order chi connectivity index (χ0) is 14.8. The summed E-state index contributed by atoms with van der Waals surface area (Å²) < 4.78 is 0. The number of rotatable bonds is 4. The predicted octanol–water partition coefficient (Wildman–Crippen LogP) is 1.52. The molecule has 3 N–H and O–H groups in total. The van der Waals surface area contributed by atoms with Crippen LogP contribution in [-0.2, 0) is 9.59 Å². The Hall–Kier alpha value is -1.10. The molecule has 1 saturated carbocycles. The Kier molecular flexibility index (Phi) is 4.68. The number of carbonyl (C=O) groups excluding carboxylic acids is 1. The summed E-state index contributed by atoms with van der Waals surface area (Å²) in [6, 6.07) is -0.399. The first-order valence-corrected chi connectivity index (χ1v) is 7.74. The Bertz CT molecular complexity index is 385. The quantitative estimate of drug-likeness (QED) is 0.730. The molecule has 2 aliphatic rings. The van der Waals surface area contributed by atoms with Gasteiger partial charge in [-0.15, -0.1) is 0 Å². The van der Waals surface area contributed by atoms with Gasteiger partial charge in [0.1, 0.15) is 0 Å². The zero-order valence-corrected chi connectivity index (χ0v) is 12.4. The summed E-state index contributed by atoms with van der Waals surface area (Å²) in [4.78, 5) is 23.8. The van der Waals surface area contributed by atoms with Gasteiger partial charge >= 0.3 is 5.97 Å². The third-order valence-corrected chi connectivity index (χ3v) is 5.17. The van der Waals surface area contributed by atoms with E-state index in [4.69, 9.17) is 0 Å². The van der Waals surface area contributed by atoms with Crippen LogP contribution in [0.15, 0.2) is 0 Å². The number of carbonyl (C=O) groups is 2.